The van der Waals surface area contributed by atoms with Gasteiger partial charge in [0.1, 0.15) is 17.2 Å². The smallest absolute Gasteiger partial charge is 0.163 e. The molecule has 5 aromatic rings. The zero-order chi connectivity index (χ0) is 20.0. The van der Waals surface area contributed by atoms with Crippen LogP contribution in [0.5, 0.6) is 0 Å². The fourth-order valence-electron chi connectivity index (χ4n) is 3.19. The van der Waals surface area contributed by atoms with E-state index in [-0.39, 0.29) is 16.7 Å². The molecule has 0 radical (unpaired) electrons. The van der Waals surface area contributed by atoms with E-state index in [4.69, 9.17) is 11.6 Å². The van der Waals surface area contributed by atoms with Gasteiger partial charge in [0.2, 0.25) is 0 Å². The molecule has 0 atom stereocenters. The largest absolute Gasteiger partial charge is 0.322 e. The van der Waals surface area contributed by atoms with Gasteiger partial charge in [0.15, 0.2) is 17.5 Å². The number of hydrogen-bond donors (Lipinski definition) is 2. The van der Waals surface area contributed by atoms with Crippen LogP contribution in [-0.2, 0) is 0 Å². The lowest BCUT2D eigenvalue weighted by Crippen LogP contribution is -2.00. The van der Waals surface area contributed by atoms with Crippen LogP contribution in [0.4, 0.5) is 20.4 Å². The Bertz CT molecular complexity index is 1380. The molecule has 5 nitrogen and oxygen atoms in total. The van der Waals surface area contributed by atoms with Crippen LogP contribution < -0.4 is 5.32 Å². The number of nitrogens with zero attached hydrogens (tertiary/aromatic N) is 3. The van der Waals surface area contributed by atoms with Gasteiger partial charge in [0, 0.05) is 17.0 Å². The van der Waals surface area contributed by atoms with Crippen LogP contribution in [-0.4, -0.2) is 20.2 Å². The molecular weight excluding hydrogens is 396 g/mol. The maximum Gasteiger partial charge on any atom is 0.163 e. The summed E-state index contributed by atoms with van der Waals surface area (Å²) in [5.41, 5.74) is 1.47. The fourth-order valence-corrected chi connectivity index (χ4v) is 3.41. The number of rotatable bonds is 3. The van der Waals surface area contributed by atoms with Crippen molar-refractivity contribution in [3.05, 3.63) is 77.3 Å². The Hall–Kier alpha value is -3.58. The number of H-pyrrole nitrogens is 1. The van der Waals surface area contributed by atoms with Gasteiger partial charge in [-0.3, -0.25) is 5.10 Å². The molecule has 0 spiro atoms. The van der Waals surface area contributed by atoms with E-state index in [0.717, 1.165) is 11.5 Å². The van der Waals surface area contributed by atoms with Gasteiger partial charge in [-0.15, -0.1) is 0 Å². The number of hydrogen-bond acceptors (Lipinski definition) is 4. The molecule has 0 aliphatic heterocycles. The van der Waals surface area contributed by atoms with Crippen LogP contribution in [0.2, 0.25) is 5.02 Å². The minimum atomic E-state index is -0.718. The van der Waals surface area contributed by atoms with Crippen LogP contribution >= 0.6 is 11.6 Å². The summed E-state index contributed by atoms with van der Waals surface area (Å²) in [7, 11) is 0. The fraction of sp³-hybridized carbons (Fsp3) is 0. The van der Waals surface area contributed by atoms with Gasteiger partial charge >= 0.3 is 0 Å². The Kier molecular flexibility index (Phi) is 4.10. The summed E-state index contributed by atoms with van der Waals surface area (Å²) >= 11 is 6.32. The van der Waals surface area contributed by atoms with Crippen molar-refractivity contribution in [3.8, 4) is 11.4 Å². The maximum atomic E-state index is 14.0. The standard InChI is InChI=1S/C21H12ClF2N5/c22-15-7-3-1-5-12(15)19-25-17-8-4-2-6-13(17)20(26-19)27-21-14-9-11(23)10-16(24)18(14)28-29-21/h1-10H,(H2,25,26,27,28,29). The third kappa shape index (κ3) is 3.05. The first kappa shape index (κ1) is 17.5. The van der Waals surface area contributed by atoms with Crippen molar-refractivity contribution in [2.75, 3.05) is 5.32 Å². The van der Waals surface area contributed by atoms with E-state index in [2.05, 4.69) is 25.5 Å². The third-order valence-electron chi connectivity index (χ3n) is 4.54. The summed E-state index contributed by atoms with van der Waals surface area (Å²) in [5, 5.41) is 11.3. The molecule has 0 aliphatic carbocycles. The molecule has 8 heteroatoms. The number of aromatic nitrogens is 4. The van der Waals surface area contributed by atoms with Crippen LogP contribution in [0.15, 0.2) is 60.7 Å². The highest BCUT2D eigenvalue weighted by molar-refractivity contribution is 6.33. The molecule has 2 N–H and O–H groups in total. The molecule has 0 unspecified atom stereocenters. The zero-order valence-corrected chi connectivity index (χ0v) is 15.5. The van der Waals surface area contributed by atoms with Crippen molar-refractivity contribution >= 4 is 45.0 Å². The molecule has 3 aromatic carbocycles. The quantitative estimate of drug-likeness (QED) is 0.394. The molecule has 0 aliphatic rings. The molecule has 0 amide bonds. The predicted molar refractivity (Wildman–Crippen MR) is 109 cm³/mol. The van der Waals surface area contributed by atoms with Gasteiger partial charge in [-0.05, 0) is 30.3 Å². The number of para-hydroxylation sites is 1. The Balaban J connectivity index is 1.70. The van der Waals surface area contributed by atoms with E-state index in [1.54, 1.807) is 6.07 Å². The number of anilines is 2. The molecule has 29 heavy (non-hydrogen) atoms. The van der Waals surface area contributed by atoms with Crippen molar-refractivity contribution in [2.45, 2.75) is 0 Å². The summed E-state index contributed by atoms with van der Waals surface area (Å²) < 4.78 is 27.7. The van der Waals surface area contributed by atoms with E-state index in [0.29, 0.717) is 27.7 Å². The van der Waals surface area contributed by atoms with Crippen LogP contribution in [0.3, 0.4) is 0 Å². The van der Waals surface area contributed by atoms with Crippen molar-refractivity contribution < 1.29 is 8.78 Å². The van der Waals surface area contributed by atoms with Crippen molar-refractivity contribution in [1.82, 2.24) is 20.2 Å². The second kappa shape index (κ2) is 6.79. The van der Waals surface area contributed by atoms with Crippen LogP contribution in [0.1, 0.15) is 0 Å². The molecular formula is C21H12ClF2N5. The van der Waals surface area contributed by atoms with Gasteiger partial charge in [0.05, 0.1) is 15.9 Å². The Morgan fingerprint density at radius 2 is 1.66 bits per heavy atom. The molecule has 2 aromatic heterocycles. The highest BCUT2D eigenvalue weighted by Crippen LogP contribution is 2.32. The van der Waals surface area contributed by atoms with Crippen molar-refractivity contribution in [3.63, 3.8) is 0 Å². The average Bonchev–Trinajstić information content (AvgIpc) is 3.11. The molecule has 0 bridgehead atoms. The SMILES string of the molecule is Fc1cc(F)c2[nH]nc(Nc3nc(-c4ccccc4Cl)nc4ccccc34)c2c1. The Labute approximate surface area is 168 Å². The normalized spacial score (nSPS) is 11.3. The van der Waals surface area contributed by atoms with Crippen molar-refractivity contribution in [1.29, 1.82) is 0 Å². The number of aromatic amines is 1. The van der Waals surface area contributed by atoms with Crippen molar-refractivity contribution in [2.24, 2.45) is 0 Å². The average molecular weight is 408 g/mol. The Morgan fingerprint density at radius 1 is 0.862 bits per heavy atom. The van der Waals surface area contributed by atoms with E-state index < -0.39 is 11.6 Å². The third-order valence-corrected chi connectivity index (χ3v) is 4.87. The molecule has 0 fully saturated rings. The minimum Gasteiger partial charge on any atom is -0.322 e. The summed E-state index contributed by atoms with van der Waals surface area (Å²) in [6, 6.07) is 16.7. The lowest BCUT2D eigenvalue weighted by molar-refractivity contribution is 0.590. The van der Waals surface area contributed by atoms with Gasteiger partial charge in [-0.1, -0.05) is 35.9 Å². The predicted octanol–water partition coefficient (Wildman–Crippen LogP) is 5.85. The monoisotopic (exact) mass is 407 g/mol. The van der Waals surface area contributed by atoms with Gasteiger partial charge in [-0.25, -0.2) is 18.7 Å². The highest BCUT2D eigenvalue weighted by Gasteiger charge is 2.16. The van der Waals surface area contributed by atoms with E-state index in [1.165, 1.54) is 6.07 Å². The lowest BCUT2D eigenvalue weighted by atomic mass is 10.1. The summed E-state index contributed by atoms with van der Waals surface area (Å²) in [5.74, 6) is -0.279. The Morgan fingerprint density at radius 3 is 2.52 bits per heavy atom. The number of nitrogens with one attached hydrogen (secondary N) is 2. The molecule has 2 heterocycles. The first-order valence-electron chi connectivity index (χ1n) is 8.72. The lowest BCUT2D eigenvalue weighted by Gasteiger charge is -2.10. The number of halogens is 3. The summed E-state index contributed by atoms with van der Waals surface area (Å²) in [4.78, 5) is 9.21. The van der Waals surface area contributed by atoms with E-state index in [1.807, 2.05) is 42.5 Å². The molecule has 0 saturated carbocycles. The first-order chi connectivity index (χ1) is 14.1. The zero-order valence-electron chi connectivity index (χ0n) is 14.7. The molecule has 0 saturated heterocycles. The van der Waals surface area contributed by atoms with Gasteiger partial charge < -0.3 is 5.32 Å². The second-order valence-corrected chi connectivity index (χ2v) is 6.81. The summed E-state index contributed by atoms with van der Waals surface area (Å²) in [6.45, 7) is 0. The summed E-state index contributed by atoms with van der Waals surface area (Å²) in [6.07, 6.45) is 0. The number of fused-ring (bicyclic) bond motifs is 2. The highest BCUT2D eigenvalue weighted by atomic mass is 35.5. The van der Waals surface area contributed by atoms with E-state index >= 15 is 0 Å². The maximum absolute atomic E-state index is 14.0. The second-order valence-electron chi connectivity index (χ2n) is 6.40. The molecule has 142 valence electrons. The topological polar surface area (TPSA) is 66.5 Å². The van der Waals surface area contributed by atoms with Crippen LogP contribution in [0, 0.1) is 11.6 Å². The number of benzene rings is 3. The van der Waals surface area contributed by atoms with Crippen LogP contribution in [0.25, 0.3) is 33.2 Å². The minimum absolute atomic E-state index is 0.110. The van der Waals surface area contributed by atoms with E-state index in [9.17, 15) is 8.78 Å². The molecule has 5 rings (SSSR count). The first-order valence-corrected chi connectivity index (χ1v) is 9.10. The van der Waals surface area contributed by atoms with Gasteiger partial charge in [0.25, 0.3) is 0 Å². The van der Waals surface area contributed by atoms with Gasteiger partial charge in [-0.2, -0.15) is 5.10 Å².